The zero-order chi connectivity index (χ0) is 21.5. The molecule has 2 aliphatic rings. The molecule has 2 aromatic rings. The van der Waals surface area contributed by atoms with Crippen LogP contribution in [0, 0.1) is 25.7 Å². The molecular formula is C23H27ClN2O3S. The van der Waals surface area contributed by atoms with E-state index in [1.54, 1.807) is 49.4 Å². The summed E-state index contributed by atoms with van der Waals surface area (Å²) in [5.41, 5.74) is 2.13. The summed E-state index contributed by atoms with van der Waals surface area (Å²) in [6.07, 6.45) is 4.57. The van der Waals surface area contributed by atoms with Gasteiger partial charge in [-0.25, -0.2) is 8.42 Å². The Labute approximate surface area is 183 Å². The number of halogens is 1. The molecule has 1 N–H and O–H groups in total. The lowest BCUT2D eigenvalue weighted by atomic mass is 9.95. The second-order valence-corrected chi connectivity index (χ2v) is 10.9. The average molecular weight is 447 g/mol. The van der Waals surface area contributed by atoms with Crippen molar-refractivity contribution in [3.8, 4) is 0 Å². The number of benzene rings is 2. The summed E-state index contributed by atoms with van der Waals surface area (Å²) in [6.45, 7) is 3.44. The van der Waals surface area contributed by atoms with Crippen molar-refractivity contribution in [3.63, 3.8) is 0 Å². The molecule has 2 fully saturated rings. The molecule has 0 unspecified atom stereocenters. The molecule has 1 amide bonds. The fraction of sp³-hybridized carbons (Fsp3) is 0.435. The van der Waals surface area contributed by atoms with Gasteiger partial charge >= 0.3 is 0 Å². The van der Waals surface area contributed by atoms with E-state index in [4.69, 9.17) is 11.6 Å². The van der Waals surface area contributed by atoms with Gasteiger partial charge in [0.2, 0.25) is 5.91 Å². The Kier molecular flexibility index (Phi) is 5.82. The van der Waals surface area contributed by atoms with Gasteiger partial charge in [-0.15, -0.1) is 0 Å². The molecule has 3 atom stereocenters. The van der Waals surface area contributed by atoms with Gasteiger partial charge in [-0.05, 0) is 80.8 Å². The van der Waals surface area contributed by atoms with Crippen molar-refractivity contribution in [2.24, 2.45) is 11.8 Å². The van der Waals surface area contributed by atoms with Crippen LogP contribution in [0.15, 0.2) is 47.4 Å². The molecule has 160 valence electrons. The number of nitrogens with one attached hydrogen (secondary N) is 1. The predicted octanol–water partition coefficient (Wildman–Crippen LogP) is 4.46. The van der Waals surface area contributed by atoms with Crippen LogP contribution < -0.4 is 9.62 Å². The molecule has 0 aliphatic heterocycles. The highest BCUT2D eigenvalue weighted by Crippen LogP contribution is 2.44. The lowest BCUT2D eigenvalue weighted by Crippen LogP contribution is -2.46. The molecule has 0 heterocycles. The Hall–Kier alpha value is -2.05. The van der Waals surface area contributed by atoms with Crippen LogP contribution in [0.4, 0.5) is 5.69 Å². The van der Waals surface area contributed by atoms with E-state index in [1.165, 1.54) is 17.1 Å². The second kappa shape index (κ2) is 8.23. The zero-order valence-corrected chi connectivity index (χ0v) is 18.8. The number of anilines is 1. The molecule has 2 aromatic carbocycles. The standard InChI is InChI=1S/C23H27ClN2O3S/c1-15-3-8-20(9-4-15)30(28,29)26(22-10-7-19(24)11-16(22)2)14-23(27)25-21-13-17-5-6-18(21)12-17/h3-4,7-11,17-18,21H,5-6,12-14H2,1-2H3,(H,25,27)/t17-,18-,21+/m0/s1. The van der Waals surface area contributed by atoms with Crippen molar-refractivity contribution in [1.82, 2.24) is 5.32 Å². The van der Waals surface area contributed by atoms with Gasteiger partial charge in [0.25, 0.3) is 10.0 Å². The van der Waals surface area contributed by atoms with Crippen LogP contribution in [0.5, 0.6) is 0 Å². The third-order valence-corrected chi connectivity index (χ3v) is 8.42. The first-order chi connectivity index (χ1) is 14.2. The molecule has 2 aliphatic carbocycles. The number of hydrogen-bond donors (Lipinski definition) is 1. The molecule has 0 aromatic heterocycles. The van der Waals surface area contributed by atoms with Crippen molar-refractivity contribution >= 4 is 33.2 Å². The fourth-order valence-electron chi connectivity index (χ4n) is 4.84. The number of hydrogen-bond acceptors (Lipinski definition) is 3. The van der Waals surface area contributed by atoms with E-state index in [0.717, 1.165) is 18.4 Å². The van der Waals surface area contributed by atoms with E-state index in [-0.39, 0.29) is 23.4 Å². The third-order valence-electron chi connectivity index (χ3n) is 6.41. The number of fused-ring (bicyclic) bond motifs is 2. The summed E-state index contributed by atoms with van der Waals surface area (Å²) in [5, 5.41) is 3.63. The van der Waals surface area contributed by atoms with Gasteiger partial charge < -0.3 is 5.32 Å². The van der Waals surface area contributed by atoms with Crippen molar-refractivity contribution in [1.29, 1.82) is 0 Å². The van der Waals surface area contributed by atoms with Crippen LogP contribution >= 0.6 is 11.6 Å². The first-order valence-corrected chi connectivity index (χ1v) is 12.2. The maximum absolute atomic E-state index is 13.5. The lowest BCUT2D eigenvalue weighted by Gasteiger charge is -2.28. The van der Waals surface area contributed by atoms with E-state index in [1.807, 2.05) is 6.92 Å². The largest absolute Gasteiger partial charge is 0.352 e. The van der Waals surface area contributed by atoms with E-state index < -0.39 is 10.0 Å². The van der Waals surface area contributed by atoms with E-state index in [0.29, 0.717) is 28.1 Å². The van der Waals surface area contributed by atoms with Gasteiger partial charge in [-0.1, -0.05) is 35.7 Å². The Morgan fingerprint density at radius 2 is 1.83 bits per heavy atom. The Balaban J connectivity index is 1.63. The highest BCUT2D eigenvalue weighted by atomic mass is 35.5. The number of amides is 1. The minimum Gasteiger partial charge on any atom is -0.352 e. The van der Waals surface area contributed by atoms with Gasteiger partial charge in [0.1, 0.15) is 6.54 Å². The van der Waals surface area contributed by atoms with Crippen molar-refractivity contribution in [2.45, 2.75) is 50.5 Å². The van der Waals surface area contributed by atoms with Crippen LogP contribution in [-0.4, -0.2) is 26.9 Å². The molecule has 2 saturated carbocycles. The number of nitrogens with zero attached hydrogens (tertiary/aromatic N) is 1. The number of carbonyl (C=O) groups is 1. The highest BCUT2D eigenvalue weighted by Gasteiger charge is 2.40. The molecule has 4 rings (SSSR count). The van der Waals surface area contributed by atoms with Gasteiger partial charge in [0.15, 0.2) is 0 Å². The quantitative estimate of drug-likeness (QED) is 0.712. The van der Waals surface area contributed by atoms with Crippen LogP contribution in [0.2, 0.25) is 5.02 Å². The van der Waals surface area contributed by atoms with E-state index in [9.17, 15) is 13.2 Å². The molecule has 2 bridgehead atoms. The number of rotatable bonds is 6. The van der Waals surface area contributed by atoms with Crippen LogP contribution in [0.3, 0.4) is 0 Å². The minimum absolute atomic E-state index is 0.159. The minimum atomic E-state index is -3.92. The summed E-state index contributed by atoms with van der Waals surface area (Å²) in [6, 6.07) is 11.9. The molecule has 0 saturated heterocycles. The normalized spacial score (nSPS) is 22.8. The number of aryl methyl sites for hydroxylation is 2. The fourth-order valence-corrected chi connectivity index (χ4v) is 6.55. The molecule has 30 heavy (non-hydrogen) atoms. The maximum Gasteiger partial charge on any atom is 0.264 e. The maximum atomic E-state index is 13.5. The third kappa shape index (κ3) is 4.21. The van der Waals surface area contributed by atoms with Crippen LogP contribution in [0.1, 0.15) is 36.8 Å². The average Bonchev–Trinajstić information content (AvgIpc) is 3.30. The van der Waals surface area contributed by atoms with Crippen LogP contribution in [0.25, 0.3) is 0 Å². The summed E-state index contributed by atoms with van der Waals surface area (Å²) >= 11 is 6.08. The summed E-state index contributed by atoms with van der Waals surface area (Å²) in [7, 11) is -3.92. The zero-order valence-electron chi connectivity index (χ0n) is 17.3. The molecule has 0 radical (unpaired) electrons. The summed E-state index contributed by atoms with van der Waals surface area (Å²) < 4.78 is 28.2. The monoisotopic (exact) mass is 446 g/mol. The number of sulfonamides is 1. The van der Waals surface area contributed by atoms with Gasteiger partial charge in [0.05, 0.1) is 10.6 Å². The van der Waals surface area contributed by atoms with Gasteiger partial charge in [0, 0.05) is 11.1 Å². The smallest absolute Gasteiger partial charge is 0.264 e. The van der Waals surface area contributed by atoms with E-state index in [2.05, 4.69) is 5.32 Å². The van der Waals surface area contributed by atoms with Gasteiger partial charge in [-0.2, -0.15) is 0 Å². The summed E-state index contributed by atoms with van der Waals surface area (Å²) in [4.78, 5) is 13.1. The SMILES string of the molecule is Cc1ccc(S(=O)(=O)N(CC(=O)N[C@@H]2C[C@H]3CC[C@H]2C3)c2ccc(Cl)cc2C)cc1. The van der Waals surface area contributed by atoms with Crippen LogP contribution in [-0.2, 0) is 14.8 Å². The molecule has 7 heteroatoms. The van der Waals surface area contributed by atoms with Crippen molar-refractivity contribution in [3.05, 3.63) is 58.6 Å². The second-order valence-electron chi connectivity index (χ2n) is 8.60. The number of carbonyl (C=O) groups excluding carboxylic acids is 1. The molecular weight excluding hydrogens is 420 g/mol. The Bertz CT molecular complexity index is 1050. The van der Waals surface area contributed by atoms with Crippen molar-refractivity contribution < 1.29 is 13.2 Å². The molecule has 5 nitrogen and oxygen atoms in total. The summed E-state index contributed by atoms with van der Waals surface area (Å²) in [5.74, 6) is 0.960. The van der Waals surface area contributed by atoms with Gasteiger partial charge in [-0.3, -0.25) is 9.10 Å². The first-order valence-electron chi connectivity index (χ1n) is 10.4. The molecule has 0 spiro atoms. The highest BCUT2D eigenvalue weighted by molar-refractivity contribution is 7.92. The first kappa shape index (κ1) is 21.2. The van der Waals surface area contributed by atoms with E-state index >= 15 is 0 Å². The Morgan fingerprint density at radius 1 is 1.10 bits per heavy atom. The Morgan fingerprint density at radius 3 is 2.43 bits per heavy atom. The van der Waals surface area contributed by atoms with Crippen molar-refractivity contribution in [2.75, 3.05) is 10.8 Å². The predicted molar refractivity (Wildman–Crippen MR) is 119 cm³/mol. The topological polar surface area (TPSA) is 66.5 Å². The lowest BCUT2D eigenvalue weighted by molar-refractivity contribution is -0.120.